The number of carbonyl (C=O) groups is 4. The fraction of sp³-hybridized carbons (Fsp3) is 0.667. The van der Waals surface area contributed by atoms with Gasteiger partial charge in [-0.05, 0) is 25.7 Å². The smallest absolute Gasteiger partial charge is 0.326 e. The minimum Gasteiger partial charge on any atom is -0.480 e. The molecule has 0 bridgehead atoms. The molecule has 3 heterocycles. The highest BCUT2D eigenvalue weighted by Gasteiger charge is 2.57. The van der Waals surface area contributed by atoms with Crippen LogP contribution in [0.5, 0.6) is 0 Å². The van der Waals surface area contributed by atoms with Crippen molar-refractivity contribution in [2.75, 3.05) is 0 Å². The van der Waals surface area contributed by atoms with Crippen molar-refractivity contribution in [1.29, 1.82) is 0 Å². The molecule has 108 valence electrons. The van der Waals surface area contributed by atoms with Gasteiger partial charge in [-0.3, -0.25) is 9.59 Å². The normalized spacial score (nSPS) is 36.0. The number of piperazine rings is 1. The topological polar surface area (TPSA) is 115 Å². The molecular formula is C12H14N2O6. The Bertz CT molecular complexity index is 472. The lowest BCUT2D eigenvalue weighted by molar-refractivity contribution is -0.167. The highest BCUT2D eigenvalue weighted by molar-refractivity contribution is 6.02. The molecule has 2 amide bonds. The van der Waals surface area contributed by atoms with E-state index >= 15 is 0 Å². The van der Waals surface area contributed by atoms with Crippen LogP contribution in [0.1, 0.15) is 25.7 Å². The van der Waals surface area contributed by atoms with Crippen molar-refractivity contribution in [3.8, 4) is 0 Å². The summed E-state index contributed by atoms with van der Waals surface area (Å²) in [6.07, 6.45) is 1.01. The molecule has 3 rings (SSSR count). The Morgan fingerprint density at radius 2 is 1.15 bits per heavy atom. The van der Waals surface area contributed by atoms with E-state index < -0.39 is 47.9 Å². The van der Waals surface area contributed by atoms with Crippen molar-refractivity contribution in [2.45, 2.75) is 49.9 Å². The summed E-state index contributed by atoms with van der Waals surface area (Å²) < 4.78 is 0. The molecule has 0 saturated carbocycles. The van der Waals surface area contributed by atoms with Gasteiger partial charge in [0.15, 0.2) is 0 Å². The first kappa shape index (κ1) is 12.9. The van der Waals surface area contributed by atoms with Crippen LogP contribution in [-0.4, -0.2) is 67.9 Å². The quantitative estimate of drug-likeness (QED) is 0.663. The van der Waals surface area contributed by atoms with E-state index in [4.69, 9.17) is 10.2 Å². The third kappa shape index (κ3) is 1.53. The van der Waals surface area contributed by atoms with Crippen LogP contribution >= 0.6 is 0 Å². The predicted octanol–water partition coefficient (Wildman–Crippen LogP) is -1.11. The number of rotatable bonds is 2. The van der Waals surface area contributed by atoms with Gasteiger partial charge >= 0.3 is 11.9 Å². The molecule has 3 saturated heterocycles. The number of hydrogen-bond acceptors (Lipinski definition) is 4. The van der Waals surface area contributed by atoms with Crippen LogP contribution in [0.15, 0.2) is 0 Å². The molecule has 3 aliphatic heterocycles. The molecule has 3 aliphatic rings. The molecule has 8 nitrogen and oxygen atoms in total. The highest BCUT2D eigenvalue weighted by atomic mass is 16.4. The number of nitrogens with zero attached hydrogens (tertiary/aromatic N) is 2. The summed E-state index contributed by atoms with van der Waals surface area (Å²) >= 11 is 0. The SMILES string of the molecule is O=C(O)[C@@H]1CC[C@@H]2C(=O)N3[C@H](C(=O)O)CC[C@H]3C(=O)N21. The van der Waals surface area contributed by atoms with Crippen molar-refractivity contribution >= 4 is 23.8 Å². The molecule has 0 aromatic heterocycles. The molecule has 0 unspecified atom stereocenters. The van der Waals surface area contributed by atoms with Gasteiger partial charge in [-0.25, -0.2) is 9.59 Å². The molecule has 0 aromatic carbocycles. The van der Waals surface area contributed by atoms with Crippen LogP contribution in [0.25, 0.3) is 0 Å². The van der Waals surface area contributed by atoms with Gasteiger partial charge in [-0.15, -0.1) is 0 Å². The van der Waals surface area contributed by atoms with Gasteiger partial charge in [0.05, 0.1) is 0 Å². The van der Waals surface area contributed by atoms with Crippen molar-refractivity contribution < 1.29 is 29.4 Å². The second kappa shape index (κ2) is 4.19. The monoisotopic (exact) mass is 282 g/mol. The molecule has 8 heteroatoms. The van der Waals surface area contributed by atoms with Crippen LogP contribution in [0, 0.1) is 0 Å². The zero-order chi connectivity index (χ0) is 14.6. The first-order valence-electron chi connectivity index (χ1n) is 6.53. The summed E-state index contributed by atoms with van der Waals surface area (Å²) in [4.78, 5) is 49.4. The molecule has 0 aliphatic carbocycles. The van der Waals surface area contributed by atoms with Crippen molar-refractivity contribution in [3.05, 3.63) is 0 Å². The van der Waals surface area contributed by atoms with E-state index in [0.29, 0.717) is 0 Å². The average Bonchev–Trinajstić information content (AvgIpc) is 3.00. The lowest BCUT2D eigenvalue weighted by Gasteiger charge is -2.41. The number of amides is 2. The standard InChI is InChI=1S/C12H14N2O6/c15-9-5-1-3-7(11(17)18)13(5)10(16)6-2-4-8(12(19)20)14(6)9/h5-8H,1-4H2,(H,17,18)(H,19,20)/t5-,6+,7-,8-/m0/s1. The summed E-state index contributed by atoms with van der Waals surface area (Å²) in [6.45, 7) is 0. The maximum atomic E-state index is 12.4. The zero-order valence-electron chi connectivity index (χ0n) is 10.6. The largest absolute Gasteiger partial charge is 0.480 e. The maximum Gasteiger partial charge on any atom is 0.326 e. The molecule has 3 fully saturated rings. The van der Waals surface area contributed by atoms with Crippen LogP contribution in [0.4, 0.5) is 0 Å². The molecule has 2 N–H and O–H groups in total. The Hall–Kier alpha value is -2.12. The highest BCUT2D eigenvalue weighted by Crippen LogP contribution is 2.37. The van der Waals surface area contributed by atoms with Crippen LogP contribution < -0.4 is 0 Å². The Morgan fingerprint density at radius 3 is 1.45 bits per heavy atom. The second-order valence-corrected chi connectivity index (χ2v) is 5.39. The van der Waals surface area contributed by atoms with Gasteiger partial charge in [-0.2, -0.15) is 0 Å². The minimum atomic E-state index is -1.12. The van der Waals surface area contributed by atoms with E-state index in [0.717, 1.165) is 9.80 Å². The van der Waals surface area contributed by atoms with Crippen molar-refractivity contribution in [3.63, 3.8) is 0 Å². The van der Waals surface area contributed by atoms with E-state index in [-0.39, 0.29) is 25.7 Å². The lowest BCUT2D eigenvalue weighted by Crippen LogP contribution is -2.65. The van der Waals surface area contributed by atoms with Crippen LogP contribution in [-0.2, 0) is 19.2 Å². The van der Waals surface area contributed by atoms with Gasteiger partial charge < -0.3 is 20.0 Å². The van der Waals surface area contributed by atoms with Gasteiger partial charge in [-0.1, -0.05) is 0 Å². The number of carboxylic acids is 2. The van der Waals surface area contributed by atoms with Gasteiger partial charge in [0.1, 0.15) is 24.2 Å². The minimum absolute atomic E-state index is 0.232. The second-order valence-electron chi connectivity index (χ2n) is 5.39. The molecule has 0 spiro atoms. The summed E-state index contributed by atoms with van der Waals surface area (Å²) in [5.74, 6) is -3.09. The Balaban J connectivity index is 1.95. The lowest BCUT2D eigenvalue weighted by atomic mass is 10.1. The van der Waals surface area contributed by atoms with E-state index in [2.05, 4.69) is 0 Å². The average molecular weight is 282 g/mol. The number of carboxylic acid groups (broad SMARTS) is 2. The van der Waals surface area contributed by atoms with Crippen molar-refractivity contribution in [1.82, 2.24) is 9.80 Å². The predicted molar refractivity (Wildman–Crippen MR) is 62.6 cm³/mol. The Morgan fingerprint density at radius 1 is 0.800 bits per heavy atom. The fourth-order valence-corrected chi connectivity index (χ4v) is 3.55. The number of fused-ring (bicyclic) bond motifs is 2. The fourth-order valence-electron chi connectivity index (χ4n) is 3.55. The molecule has 20 heavy (non-hydrogen) atoms. The third-order valence-corrected chi connectivity index (χ3v) is 4.42. The summed E-state index contributed by atoms with van der Waals surface area (Å²) in [6, 6.07) is -3.58. The summed E-state index contributed by atoms with van der Waals surface area (Å²) in [5.41, 5.74) is 0. The third-order valence-electron chi connectivity index (χ3n) is 4.42. The van der Waals surface area contributed by atoms with Gasteiger partial charge in [0.25, 0.3) is 0 Å². The Kier molecular flexibility index (Phi) is 2.70. The van der Waals surface area contributed by atoms with E-state index in [1.165, 1.54) is 0 Å². The van der Waals surface area contributed by atoms with Crippen molar-refractivity contribution in [2.24, 2.45) is 0 Å². The van der Waals surface area contributed by atoms with E-state index in [1.54, 1.807) is 0 Å². The Labute approximate surface area is 113 Å². The van der Waals surface area contributed by atoms with E-state index in [9.17, 15) is 19.2 Å². The molecular weight excluding hydrogens is 268 g/mol. The zero-order valence-corrected chi connectivity index (χ0v) is 10.6. The van der Waals surface area contributed by atoms with Gasteiger partial charge in [0, 0.05) is 0 Å². The summed E-state index contributed by atoms with van der Waals surface area (Å²) in [5, 5.41) is 18.2. The summed E-state index contributed by atoms with van der Waals surface area (Å²) in [7, 11) is 0. The number of carbonyl (C=O) groups excluding carboxylic acids is 2. The first-order valence-corrected chi connectivity index (χ1v) is 6.53. The number of hydrogen-bond donors (Lipinski definition) is 2. The van der Waals surface area contributed by atoms with Crippen LogP contribution in [0.3, 0.4) is 0 Å². The maximum absolute atomic E-state index is 12.4. The van der Waals surface area contributed by atoms with Crippen LogP contribution in [0.2, 0.25) is 0 Å². The first-order chi connectivity index (χ1) is 9.43. The molecule has 0 radical (unpaired) electrons. The molecule has 4 atom stereocenters. The number of aliphatic carboxylic acids is 2. The van der Waals surface area contributed by atoms with Gasteiger partial charge in [0.2, 0.25) is 11.8 Å². The van der Waals surface area contributed by atoms with E-state index in [1.807, 2.05) is 0 Å². The molecule has 0 aromatic rings.